The fourth-order valence-electron chi connectivity index (χ4n) is 0. The molecule has 0 amide bonds. The highest BCUT2D eigenvalue weighted by Crippen LogP contribution is 1.56. The Labute approximate surface area is 130 Å². The van der Waals surface area contributed by atoms with Crippen LogP contribution in [-0.2, 0) is 19.2 Å². The van der Waals surface area contributed by atoms with Crippen molar-refractivity contribution in [2.24, 2.45) is 0 Å². The highest BCUT2D eigenvalue weighted by atomic mass is 16.5. The molecule has 0 aromatic rings. The van der Waals surface area contributed by atoms with Crippen LogP contribution in [0.1, 0.15) is 0 Å². The highest BCUT2D eigenvalue weighted by Gasteiger charge is 2.04. The van der Waals surface area contributed by atoms with E-state index >= 15 is 0 Å². The molecule has 0 spiro atoms. The third-order valence-electron chi connectivity index (χ3n) is 0.366. The summed E-state index contributed by atoms with van der Waals surface area (Å²) >= 11 is 0. The van der Waals surface area contributed by atoms with Gasteiger partial charge in [0.05, 0.1) is 0 Å². The van der Waals surface area contributed by atoms with Crippen molar-refractivity contribution in [1.29, 1.82) is 0 Å². The van der Waals surface area contributed by atoms with Crippen molar-refractivity contribution in [1.82, 2.24) is 43.1 Å². The molecule has 23 heavy (non-hydrogen) atoms. The van der Waals surface area contributed by atoms with Crippen LogP contribution in [0.2, 0.25) is 0 Å². The van der Waals surface area contributed by atoms with Gasteiger partial charge >= 0.3 is 31.2 Å². The number of aliphatic carboxylic acids is 4. The molecule has 0 heterocycles. The van der Waals surface area contributed by atoms with E-state index in [1.54, 1.807) is 0 Å². The lowest BCUT2D eigenvalue weighted by atomic mass is 10.3. The van der Waals surface area contributed by atoms with Gasteiger partial charge in [0, 0.05) is 0 Å². The molecule has 0 unspecified atom stereocenters. The minimum absolute atomic E-state index is 0. The number of hydrogen-bond acceptors (Lipinski definition) is 14. The fraction of sp³-hybridized carbons (Fsp3) is 0. The van der Waals surface area contributed by atoms with Crippen LogP contribution in [-0.4, -0.2) is 66.7 Å². The predicted molar refractivity (Wildman–Crippen MR) is 78.1 cm³/mol. The zero-order valence-electron chi connectivity index (χ0n) is 12.3. The standard InChI is InChI=1S/2C2H2O4.BH3O3.7H3N/c2*3-1(4)2(5)6;2-1(3)4;;;;;;;/h2*(H,3,4)(H,5,6);2-4H;7*1H3. The Hall–Kier alpha value is -2.46. The molecule has 148 valence electrons. The van der Waals surface area contributed by atoms with Crippen molar-refractivity contribution in [2.75, 3.05) is 0 Å². The molecule has 0 aliphatic heterocycles. The van der Waals surface area contributed by atoms with Gasteiger partial charge in [-0.3, -0.25) is 0 Å². The summed E-state index contributed by atoms with van der Waals surface area (Å²) in [6.45, 7) is 0. The molecule has 0 aromatic heterocycles. The largest absolute Gasteiger partial charge is 0.631 e. The van der Waals surface area contributed by atoms with Gasteiger partial charge in [0.2, 0.25) is 0 Å². The second kappa shape index (κ2) is 42.7. The monoisotopic (exact) mass is 361 g/mol. The zero-order chi connectivity index (χ0) is 13.9. The normalized spacial score (nSPS) is 5.00. The molecule has 28 N–H and O–H groups in total. The van der Waals surface area contributed by atoms with Gasteiger partial charge in [-0.15, -0.1) is 0 Å². The van der Waals surface area contributed by atoms with Crippen LogP contribution in [0.3, 0.4) is 0 Å². The van der Waals surface area contributed by atoms with E-state index in [1.807, 2.05) is 0 Å². The van der Waals surface area contributed by atoms with Gasteiger partial charge in [-0.2, -0.15) is 0 Å². The van der Waals surface area contributed by atoms with Gasteiger partial charge in [0.1, 0.15) is 0 Å². The van der Waals surface area contributed by atoms with Gasteiger partial charge < -0.3 is 78.6 Å². The molecule has 18 nitrogen and oxygen atoms in total. The molecule has 0 aliphatic rings. The van der Waals surface area contributed by atoms with Crippen molar-refractivity contribution in [3.05, 3.63) is 0 Å². The second-order valence-electron chi connectivity index (χ2n) is 1.57. The smallest absolute Gasteiger partial charge is 0.473 e. The van der Waals surface area contributed by atoms with E-state index in [2.05, 4.69) is 0 Å². The van der Waals surface area contributed by atoms with E-state index in [-0.39, 0.29) is 43.1 Å². The molecule has 0 rings (SSSR count). The molecule has 0 bridgehead atoms. The lowest BCUT2D eigenvalue weighted by Gasteiger charge is -1.72. The number of rotatable bonds is 0. The van der Waals surface area contributed by atoms with Gasteiger partial charge in [0.15, 0.2) is 0 Å². The van der Waals surface area contributed by atoms with Crippen molar-refractivity contribution < 1.29 is 54.7 Å². The Morgan fingerprint density at radius 3 is 0.478 bits per heavy atom. The summed E-state index contributed by atoms with van der Waals surface area (Å²) < 4.78 is 0. The first-order chi connectivity index (χ1) is 7.02. The summed E-state index contributed by atoms with van der Waals surface area (Å²) in [6, 6.07) is 0. The van der Waals surface area contributed by atoms with E-state index in [9.17, 15) is 0 Å². The van der Waals surface area contributed by atoms with Crippen LogP contribution >= 0.6 is 0 Å². The van der Waals surface area contributed by atoms with Crippen LogP contribution in [0.5, 0.6) is 0 Å². The second-order valence-corrected chi connectivity index (χ2v) is 1.57. The Bertz CT molecular complexity index is 226. The average Bonchev–Trinajstić information content (AvgIpc) is 2.03. The number of carboxylic acid groups (broad SMARTS) is 4. The highest BCUT2D eigenvalue weighted by molar-refractivity contribution is 6.30. The zero-order valence-corrected chi connectivity index (χ0v) is 12.3. The number of hydrogen-bond donors (Lipinski definition) is 14. The number of carbonyl (C=O) groups is 4. The molecule has 0 atom stereocenters. The summed E-state index contributed by atoms with van der Waals surface area (Å²) in [7, 11) is -2.17. The van der Waals surface area contributed by atoms with E-state index in [0.29, 0.717) is 0 Å². The molecule has 0 radical (unpaired) electrons. The van der Waals surface area contributed by atoms with E-state index in [4.69, 9.17) is 54.7 Å². The lowest BCUT2D eigenvalue weighted by molar-refractivity contribution is -0.159. The van der Waals surface area contributed by atoms with Crippen LogP contribution < -0.4 is 43.1 Å². The van der Waals surface area contributed by atoms with Crippen LogP contribution in [0.25, 0.3) is 0 Å². The van der Waals surface area contributed by atoms with Crippen LogP contribution in [0.4, 0.5) is 0 Å². The van der Waals surface area contributed by atoms with Crippen LogP contribution in [0, 0.1) is 0 Å². The maximum atomic E-state index is 9.10. The molecule has 0 aliphatic carbocycles. The summed E-state index contributed by atoms with van der Waals surface area (Å²) in [5.41, 5.74) is 0. The minimum atomic E-state index is -2.17. The number of carboxylic acids is 4. The maximum absolute atomic E-state index is 9.10. The maximum Gasteiger partial charge on any atom is 0.631 e. The molecule has 19 heteroatoms. The fourth-order valence-corrected chi connectivity index (χ4v) is 0. The first kappa shape index (κ1) is 70.6. The van der Waals surface area contributed by atoms with Gasteiger partial charge in [-0.05, 0) is 0 Å². The Kier molecular flexibility index (Phi) is 131. The van der Waals surface area contributed by atoms with E-state index < -0.39 is 31.2 Å². The van der Waals surface area contributed by atoms with Gasteiger partial charge in [-0.1, -0.05) is 0 Å². The predicted octanol–water partition coefficient (Wildman–Crippen LogP) is -2.61. The quantitative estimate of drug-likeness (QED) is 0.155. The third kappa shape index (κ3) is 196. The summed E-state index contributed by atoms with van der Waals surface area (Å²) in [6.07, 6.45) is 0. The topological polar surface area (TPSA) is 455 Å². The van der Waals surface area contributed by atoms with Crippen LogP contribution in [0.15, 0.2) is 0 Å². The van der Waals surface area contributed by atoms with E-state index in [0.717, 1.165) is 0 Å². The molecule has 0 fully saturated rings. The van der Waals surface area contributed by atoms with Gasteiger partial charge in [0.25, 0.3) is 0 Å². The summed E-state index contributed by atoms with van der Waals surface area (Å²) in [5.74, 6) is -7.30. The molecular weight excluding hydrogens is 333 g/mol. The molecule has 0 saturated carbocycles. The first-order valence-electron chi connectivity index (χ1n) is 2.99. The van der Waals surface area contributed by atoms with Gasteiger partial charge in [-0.25, -0.2) is 19.2 Å². The molecular formula is C4H28BN7O11. The van der Waals surface area contributed by atoms with E-state index in [1.165, 1.54) is 0 Å². The van der Waals surface area contributed by atoms with Crippen molar-refractivity contribution in [3.63, 3.8) is 0 Å². The molecule has 0 saturated heterocycles. The summed E-state index contributed by atoms with van der Waals surface area (Å²) in [5, 5.41) is 51.1. The van der Waals surface area contributed by atoms with Crippen molar-refractivity contribution >= 4 is 31.2 Å². The average molecular weight is 361 g/mol. The summed E-state index contributed by atoms with van der Waals surface area (Å²) in [4.78, 5) is 36.4. The Morgan fingerprint density at radius 2 is 0.478 bits per heavy atom. The third-order valence-corrected chi connectivity index (χ3v) is 0.366. The minimum Gasteiger partial charge on any atom is -0.473 e. The Balaban J connectivity index is -0.0000000121. The molecule has 0 aromatic carbocycles. The Morgan fingerprint density at radius 1 is 0.435 bits per heavy atom. The lowest BCUT2D eigenvalue weighted by Crippen LogP contribution is -2.09. The first-order valence-corrected chi connectivity index (χ1v) is 2.99. The van der Waals surface area contributed by atoms with Crippen molar-refractivity contribution in [3.8, 4) is 0 Å². The SMILES string of the molecule is N.N.N.N.N.N.N.O=C(O)C(=O)O.O=C(O)C(=O)O.OB(O)O. The van der Waals surface area contributed by atoms with Crippen molar-refractivity contribution in [2.45, 2.75) is 0 Å².